The Kier molecular flexibility index (Phi) is 4.66. The molecule has 5 nitrogen and oxygen atoms in total. The third-order valence-electron chi connectivity index (χ3n) is 3.23. The van der Waals surface area contributed by atoms with Gasteiger partial charge in [0.25, 0.3) is 0 Å². The number of ether oxygens (including phenoxy) is 1. The van der Waals surface area contributed by atoms with Gasteiger partial charge in [-0.2, -0.15) is 9.57 Å². The van der Waals surface area contributed by atoms with Crippen molar-refractivity contribution in [3.8, 4) is 6.07 Å². The van der Waals surface area contributed by atoms with E-state index in [9.17, 15) is 8.42 Å². The number of hydrogen-bond acceptors (Lipinski definition) is 4. The van der Waals surface area contributed by atoms with Crippen molar-refractivity contribution < 1.29 is 13.2 Å². The average Bonchev–Trinajstić information content (AvgIpc) is 2.47. The van der Waals surface area contributed by atoms with Crippen LogP contribution in [0.4, 0.5) is 0 Å². The number of rotatable bonds is 3. The fraction of sp³-hybridized carbons (Fsp3) is 0.462. The zero-order valence-electron chi connectivity index (χ0n) is 11.0. The molecule has 0 N–H and O–H groups in total. The van der Waals surface area contributed by atoms with Crippen LogP contribution in [-0.2, 0) is 14.8 Å². The van der Waals surface area contributed by atoms with E-state index < -0.39 is 10.0 Å². The highest BCUT2D eigenvalue weighted by atomic mass is 35.5. The van der Waals surface area contributed by atoms with Gasteiger partial charge in [0.2, 0.25) is 10.0 Å². The average molecular weight is 315 g/mol. The molecule has 1 aliphatic rings. The molecule has 7 heteroatoms. The van der Waals surface area contributed by atoms with Crippen LogP contribution in [0.25, 0.3) is 0 Å². The third kappa shape index (κ3) is 2.96. The van der Waals surface area contributed by atoms with Crippen molar-refractivity contribution in [2.45, 2.75) is 24.3 Å². The van der Waals surface area contributed by atoms with Crippen molar-refractivity contribution in [3.05, 3.63) is 28.8 Å². The van der Waals surface area contributed by atoms with Crippen molar-refractivity contribution >= 4 is 21.6 Å². The number of benzene rings is 1. The van der Waals surface area contributed by atoms with Crippen LogP contribution in [0.2, 0.25) is 5.02 Å². The number of hydrogen-bond donors (Lipinski definition) is 0. The van der Waals surface area contributed by atoms with Crippen LogP contribution < -0.4 is 0 Å². The molecule has 0 spiro atoms. The summed E-state index contributed by atoms with van der Waals surface area (Å²) in [5.41, 5.74) is 0.272. The lowest BCUT2D eigenvalue weighted by molar-refractivity contribution is -0.00277. The van der Waals surface area contributed by atoms with Crippen LogP contribution in [-0.4, -0.2) is 38.5 Å². The molecule has 0 radical (unpaired) electrons. The Morgan fingerprint density at radius 2 is 2.30 bits per heavy atom. The molecular formula is C13H15ClN2O3S. The summed E-state index contributed by atoms with van der Waals surface area (Å²) in [7, 11) is -3.70. The first-order valence-electron chi connectivity index (χ1n) is 6.30. The number of sulfonamides is 1. The molecule has 1 fully saturated rings. The van der Waals surface area contributed by atoms with Gasteiger partial charge in [-0.15, -0.1) is 0 Å². The van der Waals surface area contributed by atoms with E-state index in [-0.39, 0.29) is 21.6 Å². The Balaban J connectivity index is 2.37. The minimum atomic E-state index is -3.70. The summed E-state index contributed by atoms with van der Waals surface area (Å²) in [6, 6.07) is 6.17. The van der Waals surface area contributed by atoms with Gasteiger partial charge in [0.15, 0.2) is 0 Å². The zero-order valence-corrected chi connectivity index (χ0v) is 12.6. The Labute approximate surface area is 123 Å². The lowest BCUT2D eigenvalue weighted by Gasteiger charge is -2.31. The second kappa shape index (κ2) is 6.10. The van der Waals surface area contributed by atoms with E-state index in [4.69, 9.17) is 21.6 Å². The maximum Gasteiger partial charge on any atom is 0.244 e. The molecule has 1 aromatic carbocycles. The highest BCUT2D eigenvalue weighted by molar-refractivity contribution is 7.89. The lowest BCUT2D eigenvalue weighted by Crippen LogP contribution is -2.45. The standard InChI is InChI=1S/C13H15ClN2O3S/c1-2-11-9-16(5-6-19-11)20(17,18)13-7-10(8-15)3-4-12(13)14/h3-4,7,11H,2,5-6,9H2,1H3. The smallest absolute Gasteiger partial charge is 0.244 e. The van der Waals surface area contributed by atoms with E-state index in [0.29, 0.717) is 19.7 Å². The first-order chi connectivity index (χ1) is 9.48. The second-order valence-electron chi connectivity index (χ2n) is 4.52. The molecule has 0 saturated carbocycles. The lowest BCUT2D eigenvalue weighted by atomic mass is 10.2. The van der Waals surface area contributed by atoms with Gasteiger partial charge in [-0.25, -0.2) is 8.42 Å². The highest BCUT2D eigenvalue weighted by Crippen LogP contribution is 2.27. The van der Waals surface area contributed by atoms with Gasteiger partial charge in [0, 0.05) is 13.1 Å². The summed E-state index contributed by atoms with van der Waals surface area (Å²) in [4.78, 5) is -0.0185. The number of nitriles is 1. The molecule has 1 saturated heterocycles. The van der Waals surface area contributed by atoms with Gasteiger partial charge >= 0.3 is 0 Å². The molecule has 108 valence electrons. The molecule has 1 heterocycles. The summed E-state index contributed by atoms with van der Waals surface area (Å²) in [6.45, 7) is 2.93. The normalized spacial score (nSPS) is 20.6. The second-order valence-corrected chi connectivity index (χ2v) is 6.83. The summed E-state index contributed by atoms with van der Waals surface area (Å²) < 4.78 is 32.1. The van der Waals surface area contributed by atoms with Gasteiger partial charge in [-0.3, -0.25) is 0 Å². The number of morpholine rings is 1. The van der Waals surface area contributed by atoms with Crippen molar-refractivity contribution in [1.29, 1.82) is 5.26 Å². The van der Waals surface area contributed by atoms with E-state index in [2.05, 4.69) is 0 Å². The topological polar surface area (TPSA) is 70.4 Å². The van der Waals surface area contributed by atoms with Gasteiger partial charge in [0.1, 0.15) is 4.90 Å². The van der Waals surface area contributed by atoms with Crippen molar-refractivity contribution in [1.82, 2.24) is 4.31 Å². The molecule has 0 aromatic heterocycles. The van der Waals surface area contributed by atoms with E-state index >= 15 is 0 Å². The third-order valence-corrected chi connectivity index (χ3v) is 5.58. The maximum absolute atomic E-state index is 12.6. The largest absolute Gasteiger partial charge is 0.375 e. The van der Waals surface area contributed by atoms with Crippen molar-refractivity contribution in [3.63, 3.8) is 0 Å². The quantitative estimate of drug-likeness (QED) is 0.855. The summed E-state index contributed by atoms with van der Waals surface area (Å²) in [5.74, 6) is 0. The zero-order chi connectivity index (χ0) is 14.8. The molecule has 0 amide bonds. The number of halogens is 1. The monoisotopic (exact) mass is 314 g/mol. The van der Waals surface area contributed by atoms with E-state index in [1.165, 1.54) is 22.5 Å². The predicted octanol–water partition coefficient (Wildman–Crippen LogP) is 2.01. The molecule has 1 aliphatic heterocycles. The summed E-state index contributed by atoms with van der Waals surface area (Å²) >= 11 is 5.98. The van der Waals surface area contributed by atoms with Crippen LogP contribution >= 0.6 is 11.6 Å². The molecule has 0 bridgehead atoms. The Bertz CT molecular complexity index is 640. The van der Waals surface area contributed by atoms with E-state index in [1.807, 2.05) is 13.0 Å². The molecular weight excluding hydrogens is 300 g/mol. The van der Waals surface area contributed by atoms with E-state index in [1.54, 1.807) is 0 Å². The fourth-order valence-electron chi connectivity index (χ4n) is 2.07. The molecule has 1 aromatic rings. The predicted molar refractivity (Wildman–Crippen MR) is 75.0 cm³/mol. The Morgan fingerprint density at radius 3 is 2.95 bits per heavy atom. The van der Waals surface area contributed by atoms with Crippen molar-refractivity contribution in [2.24, 2.45) is 0 Å². The SMILES string of the molecule is CCC1CN(S(=O)(=O)c2cc(C#N)ccc2Cl)CCO1. The van der Waals surface area contributed by atoms with Gasteiger partial charge in [-0.1, -0.05) is 18.5 Å². The van der Waals surface area contributed by atoms with Crippen LogP contribution in [0.15, 0.2) is 23.1 Å². The van der Waals surface area contributed by atoms with Crippen LogP contribution in [0, 0.1) is 11.3 Å². The number of nitrogens with zero attached hydrogens (tertiary/aromatic N) is 2. The highest BCUT2D eigenvalue weighted by Gasteiger charge is 2.31. The Hall–Kier alpha value is -1.13. The first kappa shape index (κ1) is 15.3. The molecule has 0 aliphatic carbocycles. The first-order valence-corrected chi connectivity index (χ1v) is 8.12. The fourth-order valence-corrected chi connectivity index (χ4v) is 4.02. The Morgan fingerprint density at radius 1 is 1.55 bits per heavy atom. The molecule has 1 unspecified atom stereocenters. The maximum atomic E-state index is 12.6. The minimum Gasteiger partial charge on any atom is -0.375 e. The summed E-state index contributed by atoms with van der Waals surface area (Å²) in [6.07, 6.45) is 0.647. The molecule has 20 heavy (non-hydrogen) atoms. The minimum absolute atomic E-state index is 0.0185. The van der Waals surface area contributed by atoms with Crippen molar-refractivity contribution in [2.75, 3.05) is 19.7 Å². The van der Waals surface area contributed by atoms with Gasteiger partial charge in [-0.05, 0) is 24.6 Å². The van der Waals surface area contributed by atoms with Gasteiger partial charge in [0.05, 0.1) is 29.4 Å². The summed E-state index contributed by atoms with van der Waals surface area (Å²) in [5, 5.41) is 9.02. The van der Waals surface area contributed by atoms with E-state index in [0.717, 1.165) is 6.42 Å². The van der Waals surface area contributed by atoms with Crippen LogP contribution in [0.1, 0.15) is 18.9 Å². The molecule has 1 atom stereocenters. The van der Waals surface area contributed by atoms with Crippen LogP contribution in [0.3, 0.4) is 0 Å². The van der Waals surface area contributed by atoms with Crippen LogP contribution in [0.5, 0.6) is 0 Å². The molecule has 2 rings (SSSR count). The van der Waals surface area contributed by atoms with Gasteiger partial charge < -0.3 is 4.74 Å².